The summed E-state index contributed by atoms with van der Waals surface area (Å²) in [5.41, 5.74) is 0. The number of ether oxygens (including phenoxy) is 1. The molecule has 0 atom stereocenters. The van der Waals surface area contributed by atoms with Crippen LogP contribution in [0.25, 0.3) is 0 Å². The Morgan fingerprint density at radius 1 is 1.22 bits per heavy atom. The Labute approximate surface area is 106 Å². The van der Waals surface area contributed by atoms with Gasteiger partial charge in [-0.2, -0.15) is 9.29 Å². The number of nitrogens with zero attached hydrogens (tertiary/aromatic N) is 4. The monoisotopic (exact) mass is 272 g/mol. The normalized spacial score (nSPS) is 17.8. The molecule has 0 bridgehead atoms. The van der Waals surface area contributed by atoms with E-state index in [9.17, 15) is 8.42 Å². The van der Waals surface area contributed by atoms with E-state index in [-0.39, 0.29) is 0 Å². The third-order valence-electron chi connectivity index (χ3n) is 2.84. The predicted octanol–water partition coefficient (Wildman–Crippen LogP) is -0.433. The highest BCUT2D eigenvalue weighted by Crippen LogP contribution is 2.16. The van der Waals surface area contributed by atoms with Gasteiger partial charge < -0.3 is 9.64 Å². The summed E-state index contributed by atoms with van der Waals surface area (Å²) in [5, 5.41) is 0. The first-order valence-corrected chi connectivity index (χ1v) is 7.41. The molecule has 18 heavy (non-hydrogen) atoms. The van der Waals surface area contributed by atoms with Crippen LogP contribution >= 0.6 is 0 Å². The van der Waals surface area contributed by atoms with Gasteiger partial charge >= 0.3 is 0 Å². The zero-order valence-electron chi connectivity index (χ0n) is 10.4. The Kier molecular flexibility index (Phi) is 3.67. The van der Waals surface area contributed by atoms with Crippen molar-refractivity contribution in [3.63, 3.8) is 0 Å². The minimum atomic E-state index is -3.10. The number of rotatable bonds is 3. The van der Waals surface area contributed by atoms with Crippen molar-refractivity contribution in [3.05, 3.63) is 12.4 Å². The van der Waals surface area contributed by atoms with E-state index in [4.69, 9.17) is 4.74 Å². The van der Waals surface area contributed by atoms with Crippen molar-refractivity contribution in [1.82, 2.24) is 14.3 Å². The first-order chi connectivity index (χ1) is 8.50. The van der Waals surface area contributed by atoms with E-state index in [1.54, 1.807) is 6.20 Å². The molecule has 1 aromatic heterocycles. The van der Waals surface area contributed by atoms with E-state index in [1.165, 1.54) is 23.9 Å². The van der Waals surface area contributed by atoms with Gasteiger partial charge in [-0.15, -0.1) is 0 Å². The lowest BCUT2D eigenvalue weighted by molar-refractivity contribution is 0.380. The van der Waals surface area contributed by atoms with E-state index in [0.29, 0.717) is 37.9 Å². The Hall–Kier alpha value is -1.41. The minimum Gasteiger partial charge on any atom is -0.480 e. The van der Waals surface area contributed by atoms with Gasteiger partial charge in [0.1, 0.15) is 0 Å². The third kappa shape index (κ3) is 2.88. The lowest BCUT2D eigenvalue weighted by atomic mass is 10.3. The molecule has 0 unspecified atom stereocenters. The van der Waals surface area contributed by atoms with Crippen molar-refractivity contribution < 1.29 is 13.2 Å². The van der Waals surface area contributed by atoms with Gasteiger partial charge in [-0.3, -0.25) is 4.98 Å². The van der Waals surface area contributed by atoms with Crippen LogP contribution in [-0.2, 0) is 10.0 Å². The van der Waals surface area contributed by atoms with Gasteiger partial charge in [0.25, 0.3) is 0 Å². The molecule has 1 aliphatic heterocycles. The molecule has 0 spiro atoms. The summed E-state index contributed by atoms with van der Waals surface area (Å²) >= 11 is 0. The van der Waals surface area contributed by atoms with Gasteiger partial charge in [0.05, 0.1) is 25.8 Å². The molecule has 0 saturated carbocycles. The summed E-state index contributed by atoms with van der Waals surface area (Å²) in [6, 6.07) is 0. The van der Waals surface area contributed by atoms with Crippen LogP contribution in [-0.4, -0.2) is 62.2 Å². The van der Waals surface area contributed by atoms with Crippen molar-refractivity contribution in [2.45, 2.75) is 0 Å². The molecule has 100 valence electrons. The molecule has 0 aromatic carbocycles. The Morgan fingerprint density at radius 2 is 1.89 bits per heavy atom. The summed E-state index contributed by atoms with van der Waals surface area (Å²) < 4.78 is 29.3. The second-order valence-electron chi connectivity index (χ2n) is 4.07. The van der Waals surface area contributed by atoms with Crippen molar-refractivity contribution in [2.24, 2.45) is 0 Å². The van der Waals surface area contributed by atoms with Crippen LogP contribution in [0.15, 0.2) is 12.4 Å². The van der Waals surface area contributed by atoms with Gasteiger partial charge in [0.2, 0.25) is 15.9 Å². The van der Waals surface area contributed by atoms with Crippen LogP contribution in [0.4, 0.5) is 5.82 Å². The molecule has 2 heterocycles. The summed E-state index contributed by atoms with van der Waals surface area (Å²) in [6.07, 6.45) is 4.42. The van der Waals surface area contributed by atoms with Crippen LogP contribution < -0.4 is 9.64 Å². The molecule has 2 rings (SSSR count). The van der Waals surface area contributed by atoms with Gasteiger partial charge in [-0.05, 0) is 0 Å². The van der Waals surface area contributed by atoms with Crippen LogP contribution in [0.2, 0.25) is 0 Å². The SMILES string of the molecule is COc1cncc(N2CCN(S(C)(=O)=O)CC2)n1. The van der Waals surface area contributed by atoms with Crippen molar-refractivity contribution in [1.29, 1.82) is 0 Å². The molecule has 1 fully saturated rings. The maximum Gasteiger partial charge on any atom is 0.233 e. The molecule has 1 aromatic rings. The largest absolute Gasteiger partial charge is 0.480 e. The topological polar surface area (TPSA) is 75.6 Å². The number of hydrogen-bond donors (Lipinski definition) is 0. The van der Waals surface area contributed by atoms with E-state index in [2.05, 4.69) is 9.97 Å². The highest BCUT2D eigenvalue weighted by Gasteiger charge is 2.24. The number of methoxy groups -OCH3 is 1. The number of aromatic nitrogens is 2. The second-order valence-corrected chi connectivity index (χ2v) is 6.05. The summed E-state index contributed by atoms with van der Waals surface area (Å²) in [5.74, 6) is 1.17. The number of sulfonamides is 1. The quantitative estimate of drug-likeness (QED) is 0.743. The summed E-state index contributed by atoms with van der Waals surface area (Å²) in [7, 11) is -1.56. The van der Waals surface area contributed by atoms with Gasteiger partial charge in [-0.25, -0.2) is 8.42 Å². The van der Waals surface area contributed by atoms with Crippen LogP contribution in [0, 0.1) is 0 Å². The fourth-order valence-electron chi connectivity index (χ4n) is 1.84. The van der Waals surface area contributed by atoms with Gasteiger partial charge in [0.15, 0.2) is 5.82 Å². The van der Waals surface area contributed by atoms with E-state index in [0.717, 1.165) is 0 Å². The third-order valence-corrected chi connectivity index (χ3v) is 4.14. The van der Waals surface area contributed by atoms with Crippen molar-refractivity contribution in [3.8, 4) is 5.88 Å². The van der Waals surface area contributed by atoms with E-state index in [1.807, 2.05) is 4.90 Å². The van der Waals surface area contributed by atoms with Crippen molar-refractivity contribution >= 4 is 15.8 Å². The van der Waals surface area contributed by atoms with Crippen molar-refractivity contribution in [2.75, 3.05) is 44.4 Å². The molecule has 7 nitrogen and oxygen atoms in total. The van der Waals surface area contributed by atoms with Crippen LogP contribution in [0.3, 0.4) is 0 Å². The Morgan fingerprint density at radius 3 is 2.44 bits per heavy atom. The molecule has 0 aliphatic carbocycles. The number of hydrogen-bond acceptors (Lipinski definition) is 6. The highest BCUT2D eigenvalue weighted by atomic mass is 32.2. The highest BCUT2D eigenvalue weighted by molar-refractivity contribution is 7.88. The number of anilines is 1. The lowest BCUT2D eigenvalue weighted by Gasteiger charge is -2.33. The standard InChI is InChI=1S/C10H16N4O3S/c1-17-10-8-11-7-9(12-10)13-3-5-14(6-4-13)18(2,15)16/h7-8H,3-6H2,1-2H3. The maximum absolute atomic E-state index is 11.4. The molecule has 0 N–H and O–H groups in total. The Bertz CT molecular complexity index is 512. The zero-order valence-corrected chi connectivity index (χ0v) is 11.2. The predicted molar refractivity (Wildman–Crippen MR) is 67.2 cm³/mol. The molecule has 1 saturated heterocycles. The zero-order chi connectivity index (χ0) is 13.2. The van der Waals surface area contributed by atoms with Gasteiger partial charge in [-0.1, -0.05) is 0 Å². The molecular weight excluding hydrogens is 256 g/mol. The van der Waals surface area contributed by atoms with E-state index < -0.39 is 10.0 Å². The van der Waals surface area contributed by atoms with Crippen LogP contribution in [0.1, 0.15) is 0 Å². The minimum absolute atomic E-state index is 0.457. The molecule has 0 amide bonds. The summed E-state index contributed by atoms with van der Waals surface area (Å²) in [6.45, 7) is 2.15. The van der Waals surface area contributed by atoms with Gasteiger partial charge in [0, 0.05) is 26.2 Å². The molecule has 0 radical (unpaired) electrons. The summed E-state index contributed by atoms with van der Waals surface area (Å²) in [4.78, 5) is 10.3. The first kappa shape index (κ1) is 13.0. The molecule has 1 aliphatic rings. The fourth-order valence-corrected chi connectivity index (χ4v) is 2.66. The average Bonchev–Trinajstić information content (AvgIpc) is 2.38. The average molecular weight is 272 g/mol. The smallest absolute Gasteiger partial charge is 0.233 e. The maximum atomic E-state index is 11.4. The Balaban J connectivity index is 2.05. The van der Waals surface area contributed by atoms with E-state index >= 15 is 0 Å². The van der Waals surface area contributed by atoms with Crippen LogP contribution in [0.5, 0.6) is 5.88 Å². The molecular formula is C10H16N4O3S. The first-order valence-electron chi connectivity index (χ1n) is 5.57. The number of piperazine rings is 1. The second kappa shape index (κ2) is 5.07. The fraction of sp³-hybridized carbons (Fsp3) is 0.600. The lowest BCUT2D eigenvalue weighted by Crippen LogP contribution is -2.48. The molecule has 8 heteroatoms.